The highest BCUT2D eigenvalue weighted by atomic mass is 16.5. The van der Waals surface area contributed by atoms with Gasteiger partial charge in [-0.3, -0.25) is 4.98 Å². The second-order valence-corrected chi connectivity index (χ2v) is 6.76. The number of nitrogens with zero attached hydrogens (tertiary/aromatic N) is 3. The summed E-state index contributed by atoms with van der Waals surface area (Å²) in [5.41, 5.74) is 2.95. The first-order valence-corrected chi connectivity index (χ1v) is 9.01. The summed E-state index contributed by atoms with van der Waals surface area (Å²) in [5.74, 6) is -0.291. The van der Waals surface area contributed by atoms with Crippen LogP contribution in [0.25, 0.3) is 11.3 Å². The van der Waals surface area contributed by atoms with Gasteiger partial charge in [-0.2, -0.15) is 0 Å². The number of carboxylic acid groups (broad SMARTS) is 1. The van der Waals surface area contributed by atoms with E-state index in [4.69, 9.17) is 14.8 Å². The van der Waals surface area contributed by atoms with Crippen LogP contribution < -0.4 is 0 Å². The quantitative estimate of drug-likeness (QED) is 0.823. The van der Waals surface area contributed by atoms with Crippen molar-refractivity contribution in [3.05, 3.63) is 47.9 Å². The summed E-state index contributed by atoms with van der Waals surface area (Å²) in [6.07, 6.45) is 6.84. The topological polar surface area (TPSA) is 75.5 Å². The largest absolute Gasteiger partial charge is 0.478 e. The molecule has 1 N–H and O–H groups in total. The van der Waals surface area contributed by atoms with E-state index in [1.807, 2.05) is 6.20 Å². The SMILES string of the molecule is COCCN1CCC(Cc2cncc(-c3ccc(C(=O)O)cc3)n2)CC1. The summed E-state index contributed by atoms with van der Waals surface area (Å²) in [4.78, 5) is 22.5. The normalized spacial score (nSPS) is 15.9. The van der Waals surface area contributed by atoms with Crippen molar-refractivity contribution in [1.82, 2.24) is 14.9 Å². The van der Waals surface area contributed by atoms with Crippen molar-refractivity contribution in [1.29, 1.82) is 0 Å². The minimum absolute atomic E-state index is 0.276. The molecule has 6 heteroatoms. The minimum atomic E-state index is -0.923. The maximum atomic E-state index is 11.0. The highest BCUT2D eigenvalue weighted by Gasteiger charge is 2.20. The zero-order valence-corrected chi connectivity index (χ0v) is 15.1. The number of hydrogen-bond donors (Lipinski definition) is 1. The number of piperidine rings is 1. The number of rotatable bonds is 7. The maximum absolute atomic E-state index is 11.0. The van der Waals surface area contributed by atoms with E-state index in [9.17, 15) is 4.79 Å². The number of methoxy groups -OCH3 is 1. The van der Waals surface area contributed by atoms with Gasteiger partial charge in [0, 0.05) is 25.4 Å². The number of carbonyl (C=O) groups is 1. The Balaban J connectivity index is 1.60. The average Bonchev–Trinajstić information content (AvgIpc) is 2.68. The molecule has 2 aromatic rings. The number of carboxylic acids is 1. The summed E-state index contributed by atoms with van der Waals surface area (Å²) >= 11 is 0. The first kappa shape index (κ1) is 18.5. The molecule has 0 saturated carbocycles. The molecule has 6 nitrogen and oxygen atoms in total. The predicted octanol–water partition coefficient (Wildman–Crippen LogP) is 2.74. The van der Waals surface area contributed by atoms with Crippen molar-refractivity contribution >= 4 is 5.97 Å². The highest BCUT2D eigenvalue weighted by Crippen LogP contribution is 2.22. The maximum Gasteiger partial charge on any atom is 0.335 e. The highest BCUT2D eigenvalue weighted by molar-refractivity contribution is 5.88. The molecule has 1 aliphatic rings. The summed E-state index contributed by atoms with van der Waals surface area (Å²) in [6.45, 7) is 4.01. The Kier molecular flexibility index (Phi) is 6.30. The Morgan fingerprint density at radius 1 is 1.23 bits per heavy atom. The van der Waals surface area contributed by atoms with Crippen LogP contribution in [0.4, 0.5) is 0 Å². The second kappa shape index (κ2) is 8.87. The molecule has 1 aromatic heterocycles. The predicted molar refractivity (Wildman–Crippen MR) is 99.2 cm³/mol. The summed E-state index contributed by atoms with van der Waals surface area (Å²) in [5, 5.41) is 9.00. The molecule has 1 fully saturated rings. The van der Waals surface area contributed by atoms with Crippen LogP contribution in [-0.4, -0.2) is 59.3 Å². The first-order chi connectivity index (χ1) is 12.7. The van der Waals surface area contributed by atoms with E-state index in [0.717, 1.165) is 49.6 Å². The molecule has 0 aliphatic carbocycles. The first-order valence-electron chi connectivity index (χ1n) is 9.01. The van der Waals surface area contributed by atoms with Crippen LogP contribution >= 0.6 is 0 Å². The average molecular weight is 355 g/mol. The van der Waals surface area contributed by atoms with Gasteiger partial charge in [-0.05, 0) is 50.4 Å². The molecule has 26 heavy (non-hydrogen) atoms. The van der Waals surface area contributed by atoms with E-state index >= 15 is 0 Å². The number of hydrogen-bond acceptors (Lipinski definition) is 5. The Morgan fingerprint density at radius 2 is 1.96 bits per heavy atom. The number of benzene rings is 1. The molecule has 1 saturated heterocycles. The lowest BCUT2D eigenvalue weighted by molar-refractivity contribution is 0.0697. The van der Waals surface area contributed by atoms with Gasteiger partial charge in [0.15, 0.2) is 0 Å². The van der Waals surface area contributed by atoms with Gasteiger partial charge in [0.2, 0.25) is 0 Å². The van der Waals surface area contributed by atoms with E-state index in [1.165, 1.54) is 12.8 Å². The Labute approximate surface area is 153 Å². The van der Waals surface area contributed by atoms with Crippen LogP contribution in [0.1, 0.15) is 28.9 Å². The Hall–Kier alpha value is -2.31. The second-order valence-electron chi connectivity index (χ2n) is 6.76. The van der Waals surface area contributed by atoms with Crippen LogP contribution in [0, 0.1) is 5.92 Å². The van der Waals surface area contributed by atoms with Gasteiger partial charge in [0.1, 0.15) is 0 Å². The van der Waals surface area contributed by atoms with Gasteiger partial charge in [0.25, 0.3) is 0 Å². The molecule has 0 atom stereocenters. The lowest BCUT2D eigenvalue weighted by Crippen LogP contribution is -2.36. The van der Waals surface area contributed by atoms with Crippen LogP contribution in [-0.2, 0) is 11.2 Å². The molecule has 1 aliphatic heterocycles. The van der Waals surface area contributed by atoms with Crippen molar-refractivity contribution in [3.63, 3.8) is 0 Å². The fraction of sp³-hybridized carbons (Fsp3) is 0.450. The molecule has 2 heterocycles. The van der Waals surface area contributed by atoms with E-state index in [2.05, 4.69) is 9.88 Å². The molecule has 0 amide bonds. The van der Waals surface area contributed by atoms with Crippen LogP contribution in [0.2, 0.25) is 0 Å². The third kappa shape index (κ3) is 4.86. The van der Waals surface area contributed by atoms with Crippen molar-refractivity contribution in [2.45, 2.75) is 19.3 Å². The van der Waals surface area contributed by atoms with E-state index < -0.39 is 5.97 Å². The molecule has 3 rings (SSSR count). The van der Waals surface area contributed by atoms with Crippen LogP contribution in [0.5, 0.6) is 0 Å². The zero-order valence-electron chi connectivity index (χ0n) is 15.1. The third-order valence-corrected chi connectivity index (χ3v) is 4.93. The van der Waals surface area contributed by atoms with Crippen molar-refractivity contribution in [2.75, 3.05) is 33.4 Å². The molecule has 138 valence electrons. The van der Waals surface area contributed by atoms with Crippen molar-refractivity contribution < 1.29 is 14.6 Å². The number of aromatic carboxylic acids is 1. The molecule has 0 bridgehead atoms. The zero-order chi connectivity index (χ0) is 18.4. The van der Waals surface area contributed by atoms with Gasteiger partial charge < -0.3 is 14.7 Å². The van der Waals surface area contributed by atoms with E-state index in [0.29, 0.717) is 5.92 Å². The summed E-state index contributed by atoms with van der Waals surface area (Å²) in [7, 11) is 1.74. The number of ether oxygens (including phenoxy) is 1. The summed E-state index contributed by atoms with van der Waals surface area (Å²) < 4.78 is 5.15. The van der Waals surface area contributed by atoms with Crippen molar-refractivity contribution in [2.24, 2.45) is 5.92 Å². The lowest BCUT2D eigenvalue weighted by Gasteiger charge is -2.31. The minimum Gasteiger partial charge on any atom is -0.478 e. The van der Waals surface area contributed by atoms with Crippen LogP contribution in [0.3, 0.4) is 0 Å². The molecule has 0 unspecified atom stereocenters. The molecule has 1 aromatic carbocycles. The molecular formula is C20H25N3O3. The molecular weight excluding hydrogens is 330 g/mol. The number of aromatic nitrogens is 2. The molecule has 0 radical (unpaired) electrons. The lowest BCUT2D eigenvalue weighted by atomic mass is 9.92. The van der Waals surface area contributed by atoms with E-state index in [-0.39, 0.29) is 5.56 Å². The van der Waals surface area contributed by atoms with Crippen LogP contribution in [0.15, 0.2) is 36.7 Å². The van der Waals surface area contributed by atoms with Gasteiger partial charge >= 0.3 is 5.97 Å². The monoisotopic (exact) mass is 355 g/mol. The fourth-order valence-electron chi connectivity index (χ4n) is 3.36. The van der Waals surface area contributed by atoms with Gasteiger partial charge in [0.05, 0.1) is 29.8 Å². The summed E-state index contributed by atoms with van der Waals surface area (Å²) in [6, 6.07) is 6.76. The van der Waals surface area contributed by atoms with Gasteiger partial charge in [-0.15, -0.1) is 0 Å². The fourth-order valence-corrected chi connectivity index (χ4v) is 3.36. The Morgan fingerprint density at radius 3 is 2.62 bits per heavy atom. The Bertz CT molecular complexity index is 725. The number of likely N-dealkylation sites (tertiary alicyclic amines) is 1. The van der Waals surface area contributed by atoms with Gasteiger partial charge in [-0.1, -0.05) is 12.1 Å². The van der Waals surface area contributed by atoms with E-state index in [1.54, 1.807) is 37.6 Å². The van der Waals surface area contributed by atoms with Gasteiger partial charge in [-0.25, -0.2) is 9.78 Å². The van der Waals surface area contributed by atoms with Crippen molar-refractivity contribution in [3.8, 4) is 11.3 Å². The standard InChI is InChI=1S/C20H25N3O3/c1-26-11-10-23-8-6-15(7-9-23)12-18-13-21-14-19(22-18)16-2-4-17(5-3-16)20(24)25/h2-5,13-15H,6-12H2,1H3,(H,24,25). The third-order valence-electron chi connectivity index (χ3n) is 4.93. The smallest absolute Gasteiger partial charge is 0.335 e. The molecule has 0 spiro atoms.